The van der Waals surface area contributed by atoms with E-state index in [-0.39, 0.29) is 11.5 Å². The molecule has 30 heavy (non-hydrogen) atoms. The van der Waals surface area contributed by atoms with E-state index in [1.807, 2.05) is 42.5 Å². The summed E-state index contributed by atoms with van der Waals surface area (Å²) in [6.07, 6.45) is 1.98. The summed E-state index contributed by atoms with van der Waals surface area (Å²) in [5.41, 5.74) is 3.67. The molecule has 4 aromatic rings. The number of hydrogen-bond donors (Lipinski definition) is 1. The van der Waals surface area contributed by atoms with Crippen LogP contribution in [0.4, 0.5) is 0 Å². The lowest BCUT2D eigenvalue weighted by atomic mass is 10.1. The zero-order valence-corrected chi connectivity index (χ0v) is 17.5. The Bertz CT molecular complexity index is 1260. The number of aromatic amines is 1. The maximum absolute atomic E-state index is 13.1. The van der Waals surface area contributed by atoms with Crippen molar-refractivity contribution in [2.45, 2.75) is 19.9 Å². The number of rotatable bonds is 5. The number of H-pyrrole nitrogens is 1. The summed E-state index contributed by atoms with van der Waals surface area (Å²) in [6, 6.07) is 17.1. The van der Waals surface area contributed by atoms with E-state index in [1.54, 1.807) is 37.2 Å². The van der Waals surface area contributed by atoms with Crippen molar-refractivity contribution in [2.24, 2.45) is 0 Å². The zero-order valence-electron chi connectivity index (χ0n) is 16.7. The molecule has 0 saturated carbocycles. The third-order valence-corrected chi connectivity index (χ3v) is 5.35. The molecule has 0 aliphatic rings. The molecule has 0 aliphatic carbocycles. The second-order valence-corrected chi connectivity index (χ2v) is 7.71. The molecule has 6 nitrogen and oxygen atoms in total. The molecule has 1 N–H and O–H groups in total. The normalized spacial score (nSPS) is 11.0. The Hall–Kier alpha value is -3.38. The molecule has 0 aliphatic heterocycles. The summed E-state index contributed by atoms with van der Waals surface area (Å²) in [5, 5.41) is 3.54. The van der Waals surface area contributed by atoms with Crippen molar-refractivity contribution >= 4 is 23.2 Å². The highest BCUT2D eigenvalue weighted by Gasteiger charge is 2.21. The van der Waals surface area contributed by atoms with Crippen LogP contribution in [-0.4, -0.2) is 32.5 Å². The maximum Gasteiger partial charge on any atom is 0.276 e. The van der Waals surface area contributed by atoms with Crippen LogP contribution in [0, 0.1) is 6.92 Å². The van der Waals surface area contributed by atoms with E-state index >= 15 is 0 Å². The Morgan fingerprint density at radius 2 is 1.80 bits per heavy atom. The molecular formula is C23H21ClN4O2. The first-order chi connectivity index (χ1) is 14.4. The van der Waals surface area contributed by atoms with Gasteiger partial charge in [-0.05, 0) is 30.2 Å². The van der Waals surface area contributed by atoms with Gasteiger partial charge in [0, 0.05) is 42.5 Å². The lowest BCUT2D eigenvalue weighted by molar-refractivity contribution is 0.0787. The van der Waals surface area contributed by atoms with Crippen LogP contribution in [-0.2, 0) is 13.0 Å². The fourth-order valence-corrected chi connectivity index (χ4v) is 3.58. The number of halogens is 1. The average Bonchev–Trinajstić information content (AvgIpc) is 3.16. The summed E-state index contributed by atoms with van der Waals surface area (Å²) in [6.45, 7) is 2.26. The van der Waals surface area contributed by atoms with E-state index in [0.717, 1.165) is 11.1 Å². The highest BCUT2D eigenvalue weighted by Crippen LogP contribution is 2.16. The molecule has 152 valence electrons. The first-order valence-corrected chi connectivity index (χ1v) is 9.95. The van der Waals surface area contributed by atoms with Gasteiger partial charge in [0.15, 0.2) is 5.65 Å². The van der Waals surface area contributed by atoms with Crippen molar-refractivity contribution < 1.29 is 4.79 Å². The fraction of sp³-hybridized carbons (Fsp3) is 0.174. The van der Waals surface area contributed by atoms with Gasteiger partial charge in [0.25, 0.3) is 11.5 Å². The smallest absolute Gasteiger partial charge is 0.276 e. The van der Waals surface area contributed by atoms with Crippen LogP contribution in [0.2, 0.25) is 5.02 Å². The summed E-state index contributed by atoms with van der Waals surface area (Å²) in [5.74, 6) is -0.200. The van der Waals surface area contributed by atoms with E-state index < -0.39 is 0 Å². The van der Waals surface area contributed by atoms with Gasteiger partial charge in [-0.1, -0.05) is 54.1 Å². The molecular weight excluding hydrogens is 400 g/mol. The molecule has 2 heterocycles. The van der Waals surface area contributed by atoms with Crippen LogP contribution in [0.5, 0.6) is 0 Å². The molecule has 0 atom stereocenters. The number of aromatic nitrogens is 3. The van der Waals surface area contributed by atoms with Gasteiger partial charge >= 0.3 is 0 Å². The molecule has 2 aromatic carbocycles. The lowest BCUT2D eigenvalue weighted by Gasteiger charge is -2.16. The Morgan fingerprint density at radius 1 is 1.10 bits per heavy atom. The lowest BCUT2D eigenvalue weighted by Crippen LogP contribution is -2.27. The summed E-state index contributed by atoms with van der Waals surface area (Å²) < 4.78 is 1.34. The van der Waals surface area contributed by atoms with Crippen LogP contribution in [0.15, 0.2) is 65.6 Å². The molecule has 0 bridgehead atoms. The number of nitrogens with zero attached hydrogens (tertiary/aromatic N) is 3. The van der Waals surface area contributed by atoms with Gasteiger partial charge in [-0.15, -0.1) is 0 Å². The molecule has 0 radical (unpaired) electrons. The molecule has 7 heteroatoms. The first kappa shape index (κ1) is 19.9. The van der Waals surface area contributed by atoms with Gasteiger partial charge in [-0.3, -0.25) is 14.7 Å². The highest BCUT2D eigenvalue weighted by atomic mass is 35.5. The fourth-order valence-electron chi connectivity index (χ4n) is 3.46. The number of carbonyl (C=O) groups is 1. The van der Waals surface area contributed by atoms with Gasteiger partial charge in [0.2, 0.25) is 0 Å². The minimum absolute atomic E-state index is 0.200. The number of fused-ring (bicyclic) bond motifs is 1. The molecule has 2 aromatic heterocycles. The first-order valence-electron chi connectivity index (χ1n) is 9.57. The molecule has 0 saturated heterocycles. The highest BCUT2D eigenvalue weighted by molar-refractivity contribution is 6.30. The second-order valence-electron chi connectivity index (χ2n) is 7.28. The predicted molar refractivity (Wildman–Crippen MR) is 117 cm³/mol. The van der Waals surface area contributed by atoms with Gasteiger partial charge in [0.1, 0.15) is 5.56 Å². The van der Waals surface area contributed by atoms with Gasteiger partial charge in [0.05, 0.1) is 0 Å². The van der Waals surface area contributed by atoms with Gasteiger partial charge < -0.3 is 4.90 Å². The molecule has 1 amide bonds. The Balaban J connectivity index is 1.66. The topological polar surface area (TPSA) is 70.5 Å². The van der Waals surface area contributed by atoms with Gasteiger partial charge in [-0.25, -0.2) is 9.50 Å². The quantitative estimate of drug-likeness (QED) is 0.533. The zero-order chi connectivity index (χ0) is 21.3. The third-order valence-electron chi connectivity index (χ3n) is 5.10. The minimum atomic E-state index is -0.211. The monoisotopic (exact) mass is 420 g/mol. The molecule has 0 spiro atoms. The number of carbonyl (C=O) groups excluding carboxylic acids is 1. The van der Waals surface area contributed by atoms with Crippen molar-refractivity contribution in [2.75, 3.05) is 7.05 Å². The summed E-state index contributed by atoms with van der Waals surface area (Å²) in [7, 11) is 1.73. The largest absolute Gasteiger partial charge is 0.337 e. The Labute approximate surface area is 178 Å². The van der Waals surface area contributed by atoms with Crippen molar-refractivity contribution in [1.29, 1.82) is 0 Å². The standard InChI is InChI=1S/C23H21ClN4O2/c1-15-19(12-16-8-10-18(24)11-9-16)23(30)28-21(26-15)20(13-25-28)22(29)27(2)14-17-6-4-3-5-7-17/h3-11,13,25H,12,14H2,1-2H3. The number of benzene rings is 2. The summed E-state index contributed by atoms with van der Waals surface area (Å²) in [4.78, 5) is 32.2. The van der Waals surface area contributed by atoms with Crippen LogP contribution < -0.4 is 5.56 Å². The van der Waals surface area contributed by atoms with Crippen LogP contribution in [0.1, 0.15) is 32.7 Å². The molecule has 0 unspecified atom stereocenters. The number of aryl methyl sites for hydroxylation is 1. The molecule has 0 fully saturated rings. The second kappa shape index (κ2) is 8.16. The van der Waals surface area contributed by atoms with E-state index in [4.69, 9.17) is 11.6 Å². The van der Waals surface area contributed by atoms with E-state index in [1.165, 1.54) is 4.52 Å². The average molecular weight is 421 g/mol. The van der Waals surface area contributed by atoms with Crippen molar-refractivity contribution in [1.82, 2.24) is 19.5 Å². The predicted octanol–water partition coefficient (Wildman–Crippen LogP) is 3.85. The van der Waals surface area contributed by atoms with E-state index in [9.17, 15) is 9.59 Å². The maximum atomic E-state index is 13.1. The number of hydrogen-bond acceptors (Lipinski definition) is 3. The number of nitrogens with one attached hydrogen (secondary N) is 1. The number of amides is 1. The third kappa shape index (κ3) is 3.86. The Morgan fingerprint density at radius 3 is 2.50 bits per heavy atom. The minimum Gasteiger partial charge on any atom is -0.337 e. The van der Waals surface area contributed by atoms with Crippen molar-refractivity contribution in [3.05, 3.63) is 104 Å². The summed E-state index contributed by atoms with van der Waals surface area (Å²) >= 11 is 5.95. The van der Waals surface area contributed by atoms with Crippen molar-refractivity contribution in [3.8, 4) is 0 Å². The van der Waals surface area contributed by atoms with Crippen molar-refractivity contribution in [3.63, 3.8) is 0 Å². The van der Waals surface area contributed by atoms with E-state index in [0.29, 0.717) is 40.5 Å². The van der Waals surface area contributed by atoms with E-state index in [2.05, 4.69) is 10.1 Å². The Kier molecular flexibility index (Phi) is 5.42. The SMILES string of the molecule is Cc1nc2c(C(=O)N(C)Cc3ccccc3)c[nH]n2c(=O)c1Cc1ccc(Cl)cc1. The van der Waals surface area contributed by atoms with Crippen LogP contribution in [0.25, 0.3) is 5.65 Å². The van der Waals surface area contributed by atoms with Gasteiger partial charge in [-0.2, -0.15) is 0 Å². The van der Waals surface area contributed by atoms with Crippen LogP contribution in [0.3, 0.4) is 0 Å². The molecule has 4 rings (SSSR count). The van der Waals surface area contributed by atoms with Crippen LogP contribution >= 0.6 is 11.6 Å².